The predicted octanol–water partition coefficient (Wildman–Crippen LogP) is 4.37. The van der Waals surface area contributed by atoms with Gasteiger partial charge in [0, 0.05) is 13.0 Å². The number of amides is 1. The van der Waals surface area contributed by atoms with Crippen molar-refractivity contribution in [1.29, 1.82) is 0 Å². The summed E-state index contributed by atoms with van der Waals surface area (Å²) in [4.78, 5) is 11.2. The number of rotatable bonds is 6. The Morgan fingerprint density at radius 2 is 1.62 bits per heavy atom. The van der Waals surface area contributed by atoms with Crippen molar-refractivity contribution in [2.24, 2.45) is 0 Å². The number of carbonyl (C=O) groups is 1. The number of hydrogen-bond donors (Lipinski definition) is 1. The van der Waals surface area contributed by atoms with Gasteiger partial charge in [0.1, 0.15) is 0 Å². The molecule has 0 aromatic heterocycles. The summed E-state index contributed by atoms with van der Waals surface area (Å²) in [5.41, 5.74) is 3.80. The molecule has 1 unspecified atom stereocenters. The number of carbonyl (C=O) groups excluding carboxylic acids is 1. The van der Waals surface area contributed by atoms with Gasteiger partial charge in [0.15, 0.2) is 0 Å². The highest BCUT2D eigenvalue weighted by Crippen LogP contribution is 2.23. The maximum atomic E-state index is 11.2. The van der Waals surface area contributed by atoms with Crippen molar-refractivity contribution in [3.05, 3.63) is 60.2 Å². The second kappa shape index (κ2) is 7.63. The van der Waals surface area contributed by atoms with Crippen molar-refractivity contribution in [2.45, 2.75) is 32.6 Å². The number of nitrogens with one attached hydrogen (secondary N) is 1. The zero-order valence-corrected chi connectivity index (χ0v) is 12.8. The van der Waals surface area contributed by atoms with Gasteiger partial charge in [-0.3, -0.25) is 4.79 Å². The summed E-state index contributed by atoms with van der Waals surface area (Å²) in [6, 6.07) is 19.1. The van der Waals surface area contributed by atoms with Crippen LogP contribution in [-0.4, -0.2) is 12.5 Å². The number of benzene rings is 2. The van der Waals surface area contributed by atoms with E-state index in [1.165, 1.54) is 16.7 Å². The van der Waals surface area contributed by atoms with E-state index in [2.05, 4.69) is 60.8 Å². The van der Waals surface area contributed by atoms with Crippen molar-refractivity contribution < 1.29 is 4.79 Å². The van der Waals surface area contributed by atoms with Gasteiger partial charge in [-0.2, -0.15) is 0 Å². The van der Waals surface area contributed by atoms with E-state index in [1.54, 1.807) is 0 Å². The van der Waals surface area contributed by atoms with Gasteiger partial charge in [-0.25, -0.2) is 0 Å². The Labute approximate surface area is 127 Å². The molecule has 0 aliphatic carbocycles. The molecule has 0 heterocycles. The molecule has 2 aromatic rings. The average molecular weight is 281 g/mol. The molecule has 0 saturated heterocycles. The highest BCUT2D eigenvalue weighted by Gasteiger charge is 2.06. The summed E-state index contributed by atoms with van der Waals surface area (Å²) in [5, 5.41) is 2.93. The molecule has 2 heteroatoms. The standard InChI is InChI=1S/C19H23NO/c1-3-19(21)20-14-13-15(2)16-9-11-18(12-10-16)17-7-5-4-6-8-17/h4-12,15H,3,13-14H2,1-2H3,(H,20,21). The van der Waals surface area contributed by atoms with Crippen LogP contribution < -0.4 is 5.32 Å². The molecule has 0 bridgehead atoms. The van der Waals surface area contributed by atoms with Crippen LogP contribution in [-0.2, 0) is 4.79 Å². The van der Waals surface area contributed by atoms with Gasteiger partial charge in [-0.05, 0) is 29.0 Å². The fraction of sp³-hybridized carbons (Fsp3) is 0.316. The van der Waals surface area contributed by atoms with E-state index in [-0.39, 0.29) is 5.91 Å². The molecular formula is C19H23NO. The Morgan fingerprint density at radius 1 is 1.00 bits per heavy atom. The van der Waals surface area contributed by atoms with Gasteiger partial charge in [-0.1, -0.05) is 68.4 Å². The lowest BCUT2D eigenvalue weighted by Gasteiger charge is -2.13. The smallest absolute Gasteiger partial charge is 0.219 e. The first kappa shape index (κ1) is 15.3. The molecule has 1 atom stereocenters. The number of hydrogen-bond acceptors (Lipinski definition) is 1. The maximum Gasteiger partial charge on any atom is 0.219 e. The van der Waals surface area contributed by atoms with E-state index in [9.17, 15) is 4.79 Å². The summed E-state index contributed by atoms with van der Waals surface area (Å²) >= 11 is 0. The Kier molecular flexibility index (Phi) is 5.56. The topological polar surface area (TPSA) is 29.1 Å². The monoisotopic (exact) mass is 281 g/mol. The Hall–Kier alpha value is -2.09. The largest absolute Gasteiger partial charge is 0.356 e. The third kappa shape index (κ3) is 4.45. The van der Waals surface area contributed by atoms with Gasteiger partial charge < -0.3 is 5.32 Å². The first-order chi connectivity index (χ1) is 10.2. The molecule has 1 amide bonds. The molecular weight excluding hydrogens is 258 g/mol. The molecule has 0 saturated carbocycles. The van der Waals surface area contributed by atoms with Crippen molar-refractivity contribution in [3.63, 3.8) is 0 Å². The first-order valence-corrected chi connectivity index (χ1v) is 7.62. The van der Waals surface area contributed by atoms with Gasteiger partial charge in [-0.15, -0.1) is 0 Å². The lowest BCUT2D eigenvalue weighted by molar-refractivity contribution is -0.120. The molecule has 1 N–H and O–H groups in total. The summed E-state index contributed by atoms with van der Waals surface area (Å²) < 4.78 is 0. The predicted molar refractivity (Wildman–Crippen MR) is 88.2 cm³/mol. The SMILES string of the molecule is CCC(=O)NCCC(C)c1ccc(-c2ccccc2)cc1. The minimum Gasteiger partial charge on any atom is -0.356 e. The molecule has 0 aliphatic rings. The van der Waals surface area contributed by atoms with Crippen LogP contribution >= 0.6 is 0 Å². The molecule has 0 fully saturated rings. The van der Waals surface area contributed by atoms with Crippen LogP contribution in [0.25, 0.3) is 11.1 Å². The highest BCUT2D eigenvalue weighted by atomic mass is 16.1. The van der Waals surface area contributed by atoms with Crippen LogP contribution in [0.4, 0.5) is 0 Å². The minimum atomic E-state index is 0.127. The second-order valence-electron chi connectivity index (χ2n) is 5.38. The van der Waals surface area contributed by atoms with Gasteiger partial charge in [0.2, 0.25) is 5.91 Å². The van der Waals surface area contributed by atoms with Crippen LogP contribution in [0, 0.1) is 0 Å². The van der Waals surface area contributed by atoms with E-state index in [4.69, 9.17) is 0 Å². The zero-order valence-electron chi connectivity index (χ0n) is 12.8. The van der Waals surface area contributed by atoms with Crippen LogP contribution in [0.2, 0.25) is 0 Å². The van der Waals surface area contributed by atoms with Gasteiger partial charge in [0.25, 0.3) is 0 Å². The fourth-order valence-corrected chi connectivity index (χ4v) is 2.35. The third-order valence-corrected chi connectivity index (χ3v) is 3.81. The Balaban J connectivity index is 1.94. The fourth-order valence-electron chi connectivity index (χ4n) is 2.35. The van der Waals surface area contributed by atoms with Crippen molar-refractivity contribution in [2.75, 3.05) is 6.54 Å². The van der Waals surface area contributed by atoms with Crippen LogP contribution in [0.1, 0.15) is 38.2 Å². The maximum absolute atomic E-state index is 11.2. The molecule has 21 heavy (non-hydrogen) atoms. The van der Waals surface area contributed by atoms with Crippen LogP contribution in [0.15, 0.2) is 54.6 Å². The van der Waals surface area contributed by atoms with E-state index < -0.39 is 0 Å². The third-order valence-electron chi connectivity index (χ3n) is 3.81. The highest BCUT2D eigenvalue weighted by molar-refractivity contribution is 5.75. The van der Waals surface area contributed by atoms with E-state index >= 15 is 0 Å². The summed E-state index contributed by atoms with van der Waals surface area (Å²) in [5.74, 6) is 0.577. The summed E-state index contributed by atoms with van der Waals surface area (Å²) in [6.45, 7) is 4.82. The van der Waals surface area contributed by atoms with Crippen molar-refractivity contribution in [3.8, 4) is 11.1 Å². The molecule has 0 radical (unpaired) electrons. The van der Waals surface area contributed by atoms with Crippen LogP contribution in [0.3, 0.4) is 0 Å². The minimum absolute atomic E-state index is 0.127. The lowest BCUT2D eigenvalue weighted by Crippen LogP contribution is -2.24. The second-order valence-corrected chi connectivity index (χ2v) is 5.38. The quantitative estimate of drug-likeness (QED) is 0.836. The summed E-state index contributed by atoms with van der Waals surface area (Å²) in [7, 11) is 0. The van der Waals surface area contributed by atoms with Gasteiger partial charge in [0.05, 0.1) is 0 Å². The van der Waals surface area contributed by atoms with E-state index in [0.29, 0.717) is 12.3 Å². The molecule has 2 rings (SSSR count). The molecule has 2 aromatic carbocycles. The lowest BCUT2D eigenvalue weighted by atomic mass is 9.95. The molecule has 2 nitrogen and oxygen atoms in total. The van der Waals surface area contributed by atoms with Gasteiger partial charge >= 0.3 is 0 Å². The average Bonchev–Trinajstić information content (AvgIpc) is 2.55. The van der Waals surface area contributed by atoms with E-state index in [0.717, 1.165) is 13.0 Å². The normalized spacial score (nSPS) is 11.9. The van der Waals surface area contributed by atoms with Crippen molar-refractivity contribution >= 4 is 5.91 Å². The van der Waals surface area contributed by atoms with Crippen LogP contribution in [0.5, 0.6) is 0 Å². The molecule has 110 valence electrons. The Bertz CT molecular complexity index is 560. The molecule has 0 aliphatic heterocycles. The summed E-state index contributed by atoms with van der Waals surface area (Å²) in [6.07, 6.45) is 1.52. The van der Waals surface area contributed by atoms with E-state index in [1.807, 2.05) is 13.0 Å². The molecule has 0 spiro atoms. The van der Waals surface area contributed by atoms with Crippen molar-refractivity contribution in [1.82, 2.24) is 5.32 Å². The zero-order chi connectivity index (χ0) is 15.1. The first-order valence-electron chi connectivity index (χ1n) is 7.62. The Morgan fingerprint density at radius 3 is 2.24 bits per heavy atom.